The SMILES string of the molecule is CN(CCOCCN)C1CCOC2(CCCC2)C1. The summed E-state index contributed by atoms with van der Waals surface area (Å²) in [5.41, 5.74) is 5.63. The lowest BCUT2D eigenvalue weighted by molar-refractivity contribution is -0.100. The van der Waals surface area contributed by atoms with Gasteiger partial charge < -0.3 is 20.1 Å². The summed E-state index contributed by atoms with van der Waals surface area (Å²) in [6.45, 7) is 4.01. The molecule has 18 heavy (non-hydrogen) atoms. The van der Waals surface area contributed by atoms with Crippen molar-refractivity contribution in [3.05, 3.63) is 0 Å². The van der Waals surface area contributed by atoms with Gasteiger partial charge in [0, 0.05) is 25.7 Å². The van der Waals surface area contributed by atoms with Crippen molar-refractivity contribution in [3.63, 3.8) is 0 Å². The minimum absolute atomic E-state index is 0.218. The highest BCUT2D eigenvalue weighted by molar-refractivity contribution is 4.93. The van der Waals surface area contributed by atoms with Gasteiger partial charge in [-0.05, 0) is 32.7 Å². The average molecular weight is 256 g/mol. The molecule has 1 spiro atoms. The highest BCUT2D eigenvalue weighted by atomic mass is 16.5. The van der Waals surface area contributed by atoms with Crippen molar-refractivity contribution in [1.82, 2.24) is 4.90 Å². The normalized spacial score (nSPS) is 27.2. The van der Waals surface area contributed by atoms with Gasteiger partial charge in [-0.15, -0.1) is 0 Å². The lowest BCUT2D eigenvalue weighted by atomic mass is 9.88. The number of nitrogens with two attached hydrogens (primary N) is 1. The van der Waals surface area contributed by atoms with Crippen molar-refractivity contribution in [2.45, 2.75) is 50.2 Å². The van der Waals surface area contributed by atoms with E-state index in [1.54, 1.807) is 0 Å². The third kappa shape index (κ3) is 3.67. The first kappa shape index (κ1) is 14.3. The molecule has 1 aliphatic heterocycles. The van der Waals surface area contributed by atoms with Gasteiger partial charge in [0.15, 0.2) is 0 Å². The number of likely N-dealkylation sites (N-methyl/N-ethyl adjacent to an activating group) is 1. The van der Waals surface area contributed by atoms with E-state index in [9.17, 15) is 0 Å². The predicted octanol–water partition coefficient (Wildman–Crippen LogP) is 1.39. The van der Waals surface area contributed by atoms with Crippen LogP contribution in [0.1, 0.15) is 38.5 Å². The molecular formula is C14H28N2O2. The quantitative estimate of drug-likeness (QED) is 0.730. The van der Waals surface area contributed by atoms with Gasteiger partial charge in [-0.25, -0.2) is 0 Å². The average Bonchev–Trinajstić information content (AvgIpc) is 2.82. The molecule has 1 saturated carbocycles. The van der Waals surface area contributed by atoms with Gasteiger partial charge in [0.1, 0.15) is 0 Å². The van der Waals surface area contributed by atoms with Crippen LogP contribution in [0.3, 0.4) is 0 Å². The molecule has 4 heteroatoms. The molecule has 0 aromatic rings. The van der Waals surface area contributed by atoms with Gasteiger partial charge in [0.05, 0.1) is 18.8 Å². The predicted molar refractivity (Wildman–Crippen MR) is 72.7 cm³/mol. The molecule has 2 N–H and O–H groups in total. The van der Waals surface area contributed by atoms with Gasteiger partial charge in [0.25, 0.3) is 0 Å². The van der Waals surface area contributed by atoms with Crippen LogP contribution in [0.2, 0.25) is 0 Å². The fourth-order valence-electron chi connectivity index (χ4n) is 3.32. The third-order valence-corrected chi connectivity index (χ3v) is 4.46. The Morgan fingerprint density at radius 1 is 1.33 bits per heavy atom. The minimum Gasteiger partial charge on any atom is -0.379 e. The lowest BCUT2D eigenvalue weighted by Gasteiger charge is -2.41. The molecule has 0 bridgehead atoms. The number of ether oxygens (including phenoxy) is 2. The summed E-state index contributed by atoms with van der Waals surface area (Å²) in [6, 6.07) is 0.665. The van der Waals surface area contributed by atoms with Crippen molar-refractivity contribution in [2.24, 2.45) is 5.73 Å². The Kier molecular flexibility index (Phi) is 5.42. The Balaban J connectivity index is 1.74. The van der Waals surface area contributed by atoms with E-state index in [4.69, 9.17) is 15.2 Å². The first-order chi connectivity index (χ1) is 8.76. The summed E-state index contributed by atoms with van der Waals surface area (Å²) in [6.07, 6.45) is 7.59. The second kappa shape index (κ2) is 6.85. The van der Waals surface area contributed by atoms with Gasteiger partial charge in [-0.1, -0.05) is 12.8 Å². The smallest absolute Gasteiger partial charge is 0.0697 e. The zero-order chi connectivity index (χ0) is 12.8. The minimum atomic E-state index is 0.218. The van der Waals surface area contributed by atoms with E-state index in [1.807, 2.05) is 0 Å². The Bertz CT molecular complexity index is 242. The highest BCUT2D eigenvalue weighted by Gasteiger charge is 2.40. The van der Waals surface area contributed by atoms with Crippen molar-refractivity contribution >= 4 is 0 Å². The molecule has 4 nitrogen and oxygen atoms in total. The van der Waals surface area contributed by atoms with E-state index < -0.39 is 0 Å². The molecule has 2 aliphatic rings. The van der Waals surface area contributed by atoms with Crippen LogP contribution in [0.15, 0.2) is 0 Å². The van der Waals surface area contributed by atoms with E-state index in [2.05, 4.69) is 11.9 Å². The molecule has 1 atom stereocenters. The van der Waals surface area contributed by atoms with Crippen molar-refractivity contribution in [3.8, 4) is 0 Å². The Hall–Kier alpha value is -0.160. The highest BCUT2D eigenvalue weighted by Crippen LogP contribution is 2.40. The Morgan fingerprint density at radius 3 is 2.83 bits per heavy atom. The van der Waals surface area contributed by atoms with Crippen LogP contribution >= 0.6 is 0 Å². The van der Waals surface area contributed by atoms with E-state index in [0.717, 1.165) is 26.2 Å². The van der Waals surface area contributed by atoms with Gasteiger partial charge in [-0.3, -0.25) is 0 Å². The molecule has 1 heterocycles. The summed E-state index contributed by atoms with van der Waals surface area (Å²) in [7, 11) is 2.21. The summed E-state index contributed by atoms with van der Waals surface area (Å²) in [4.78, 5) is 2.44. The van der Waals surface area contributed by atoms with Crippen LogP contribution < -0.4 is 5.73 Å². The van der Waals surface area contributed by atoms with Crippen LogP contribution in [0.25, 0.3) is 0 Å². The molecule has 1 unspecified atom stereocenters. The largest absolute Gasteiger partial charge is 0.379 e. The Morgan fingerprint density at radius 2 is 2.11 bits per heavy atom. The standard InChI is InChI=1S/C14H28N2O2/c1-16(8-11-17-10-7-15)13-4-9-18-14(12-13)5-2-3-6-14/h13H,2-12,15H2,1H3. The summed E-state index contributed by atoms with van der Waals surface area (Å²) in [5.74, 6) is 0. The monoisotopic (exact) mass is 256 g/mol. The maximum atomic E-state index is 6.08. The van der Waals surface area contributed by atoms with Crippen LogP contribution in [-0.4, -0.2) is 56.5 Å². The van der Waals surface area contributed by atoms with Crippen molar-refractivity contribution < 1.29 is 9.47 Å². The second-order valence-electron chi connectivity index (χ2n) is 5.77. The zero-order valence-corrected chi connectivity index (χ0v) is 11.7. The summed E-state index contributed by atoms with van der Waals surface area (Å²) < 4.78 is 11.5. The van der Waals surface area contributed by atoms with E-state index >= 15 is 0 Å². The van der Waals surface area contributed by atoms with Gasteiger partial charge >= 0.3 is 0 Å². The number of rotatable bonds is 6. The number of hydrogen-bond donors (Lipinski definition) is 1. The Labute approximate surface area is 111 Å². The van der Waals surface area contributed by atoms with Crippen LogP contribution in [0.4, 0.5) is 0 Å². The van der Waals surface area contributed by atoms with Gasteiger partial charge in [-0.2, -0.15) is 0 Å². The second-order valence-corrected chi connectivity index (χ2v) is 5.77. The molecule has 2 fully saturated rings. The molecule has 1 saturated heterocycles. The van der Waals surface area contributed by atoms with Crippen LogP contribution in [-0.2, 0) is 9.47 Å². The molecular weight excluding hydrogens is 228 g/mol. The van der Waals surface area contributed by atoms with Gasteiger partial charge in [0.2, 0.25) is 0 Å². The summed E-state index contributed by atoms with van der Waals surface area (Å²) >= 11 is 0. The maximum Gasteiger partial charge on any atom is 0.0697 e. The molecule has 2 rings (SSSR count). The van der Waals surface area contributed by atoms with E-state index in [0.29, 0.717) is 19.2 Å². The van der Waals surface area contributed by atoms with E-state index in [-0.39, 0.29) is 5.60 Å². The number of nitrogens with zero attached hydrogens (tertiary/aromatic N) is 1. The fourth-order valence-corrected chi connectivity index (χ4v) is 3.32. The molecule has 0 aromatic carbocycles. The topological polar surface area (TPSA) is 47.7 Å². The first-order valence-corrected chi connectivity index (χ1v) is 7.38. The van der Waals surface area contributed by atoms with Crippen molar-refractivity contribution in [1.29, 1.82) is 0 Å². The fraction of sp³-hybridized carbons (Fsp3) is 1.00. The van der Waals surface area contributed by atoms with Crippen molar-refractivity contribution in [2.75, 3.05) is 40.0 Å². The molecule has 106 valence electrons. The van der Waals surface area contributed by atoms with E-state index in [1.165, 1.54) is 32.1 Å². The maximum absolute atomic E-state index is 6.08. The molecule has 0 radical (unpaired) electrons. The number of hydrogen-bond acceptors (Lipinski definition) is 4. The van der Waals surface area contributed by atoms with Crippen LogP contribution in [0, 0.1) is 0 Å². The zero-order valence-electron chi connectivity index (χ0n) is 11.7. The first-order valence-electron chi connectivity index (χ1n) is 7.38. The van der Waals surface area contributed by atoms with Crippen LogP contribution in [0.5, 0.6) is 0 Å². The lowest BCUT2D eigenvalue weighted by Crippen LogP contribution is -2.47. The molecule has 0 amide bonds. The third-order valence-electron chi connectivity index (χ3n) is 4.46. The summed E-state index contributed by atoms with van der Waals surface area (Å²) in [5, 5.41) is 0. The molecule has 0 aromatic heterocycles. The molecule has 1 aliphatic carbocycles.